The number of para-hydroxylation sites is 1. The quantitative estimate of drug-likeness (QED) is 0.832. The molecule has 1 N–H and O–H groups in total. The summed E-state index contributed by atoms with van der Waals surface area (Å²) in [6.45, 7) is 2.84. The number of carbonyl (C=O) groups is 2. The molecule has 0 saturated carbocycles. The monoisotopic (exact) mass is 319 g/mol. The summed E-state index contributed by atoms with van der Waals surface area (Å²) in [7, 11) is 1.31. The van der Waals surface area contributed by atoms with E-state index in [1.165, 1.54) is 7.11 Å². The molecule has 0 saturated heterocycles. The van der Waals surface area contributed by atoms with Crippen molar-refractivity contribution in [2.24, 2.45) is 0 Å². The molecule has 1 heterocycles. The van der Waals surface area contributed by atoms with Crippen LogP contribution >= 0.6 is 11.3 Å². The lowest BCUT2D eigenvalue weighted by atomic mass is 10.2. The molecule has 0 aliphatic rings. The Morgan fingerprint density at radius 1 is 1.14 bits per heavy atom. The van der Waals surface area contributed by atoms with E-state index in [1.54, 1.807) is 12.1 Å². The molecule has 5 nitrogen and oxygen atoms in total. The van der Waals surface area contributed by atoms with Crippen LogP contribution in [-0.4, -0.2) is 25.6 Å². The van der Waals surface area contributed by atoms with Gasteiger partial charge in [0.15, 0.2) is 0 Å². The number of methoxy groups -OCH3 is 1. The van der Waals surface area contributed by atoms with Gasteiger partial charge in [-0.2, -0.15) is 0 Å². The summed E-state index contributed by atoms with van der Waals surface area (Å²) in [5, 5.41) is 2.82. The molecule has 1 aromatic heterocycles. The van der Waals surface area contributed by atoms with E-state index in [0.29, 0.717) is 22.9 Å². The zero-order valence-electron chi connectivity index (χ0n) is 12.4. The van der Waals surface area contributed by atoms with Gasteiger partial charge in [-0.05, 0) is 25.1 Å². The van der Waals surface area contributed by atoms with Crippen LogP contribution in [-0.2, 0) is 11.3 Å². The van der Waals surface area contributed by atoms with Crippen LogP contribution in [0.3, 0.4) is 0 Å². The molecule has 0 aliphatic carbocycles. The van der Waals surface area contributed by atoms with Crippen LogP contribution in [0.4, 0.5) is 0 Å². The lowest BCUT2D eigenvalue weighted by molar-refractivity contribution is 0.0606. The summed E-state index contributed by atoms with van der Waals surface area (Å²) in [5.41, 5.74) is 0.905. The van der Waals surface area contributed by atoms with Gasteiger partial charge in [-0.1, -0.05) is 18.2 Å². The Labute approximate surface area is 132 Å². The highest BCUT2D eigenvalue weighted by atomic mass is 32.1. The minimum atomic E-state index is -0.439. The third kappa shape index (κ3) is 3.85. The molecule has 2 rings (SSSR count). The third-order valence-corrected chi connectivity index (χ3v) is 3.99. The summed E-state index contributed by atoms with van der Waals surface area (Å²) in [6, 6.07) is 10.7. The van der Waals surface area contributed by atoms with Gasteiger partial charge in [0.25, 0.3) is 5.91 Å². The number of hydrogen-bond donors (Lipinski definition) is 1. The van der Waals surface area contributed by atoms with Gasteiger partial charge in [0.1, 0.15) is 10.6 Å². The molecule has 1 aromatic carbocycles. The Bertz CT molecular complexity index is 666. The smallest absolute Gasteiger partial charge is 0.348 e. The van der Waals surface area contributed by atoms with Crippen molar-refractivity contribution in [3.63, 3.8) is 0 Å². The van der Waals surface area contributed by atoms with Crippen LogP contribution in [0.2, 0.25) is 0 Å². The van der Waals surface area contributed by atoms with E-state index in [-0.39, 0.29) is 5.91 Å². The number of hydrogen-bond acceptors (Lipinski definition) is 5. The molecular weight excluding hydrogens is 302 g/mol. The zero-order valence-corrected chi connectivity index (χ0v) is 13.2. The fraction of sp³-hybridized carbons (Fsp3) is 0.250. The zero-order chi connectivity index (χ0) is 15.9. The van der Waals surface area contributed by atoms with Crippen LogP contribution in [0.15, 0.2) is 36.4 Å². The lowest BCUT2D eigenvalue weighted by Crippen LogP contribution is -2.22. The molecule has 0 fully saturated rings. The molecule has 116 valence electrons. The maximum absolute atomic E-state index is 12.1. The molecule has 0 spiro atoms. The molecular formula is C16H17NO4S. The number of rotatable bonds is 6. The Hall–Kier alpha value is -2.34. The Balaban J connectivity index is 2.01. The maximum Gasteiger partial charge on any atom is 0.348 e. The molecule has 0 aliphatic heterocycles. The van der Waals surface area contributed by atoms with Crippen molar-refractivity contribution in [1.29, 1.82) is 0 Å². The summed E-state index contributed by atoms with van der Waals surface area (Å²) in [5.74, 6) is 0.0870. The normalized spacial score (nSPS) is 10.1. The van der Waals surface area contributed by atoms with E-state index < -0.39 is 5.97 Å². The second-order valence-electron chi connectivity index (χ2n) is 4.38. The van der Waals surface area contributed by atoms with E-state index in [9.17, 15) is 9.59 Å². The molecule has 1 amide bonds. The minimum Gasteiger partial charge on any atom is -0.494 e. The number of esters is 1. The standard InChI is InChI=1S/C16H17NO4S/c1-3-21-12-7-5-4-6-11(12)10-17-15(18)13-8-9-14(22-13)16(19)20-2/h4-9H,3,10H2,1-2H3,(H,17,18). The van der Waals surface area contributed by atoms with Crippen LogP contribution in [0.1, 0.15) is 31.8 Å². The van der Waals surface area contributed by atoms with Gasteiger partial charge >= 0.3 is 5.97 Å². The van der Waals surface area contributed by atoms with Crippen molar-refractivity contribution >= 4 is 23.2 Å². The van der Waals surface area contributed by atoms with Gasteiger partial charge in [-0.3, -0.25) is 4.79 Å². The van der Waals surface area contributed by atoms with Gasteiger partial charge in [0.2, 0.25) is 0 Å². The molecule has 2 aromatic rings. The number of nitrogens with one attached hydrogen (secondary N) is 1. The maximum atomic E-state index is 12.1. The first kappa shape index (κ1) is 16.0. The minimum absolute atomic E-state index is 0.230. The summed E-state index contributed by atoms with van der Waals surface area (Å²) in [4.78, 5) is 24.4. The number of ether oxygens (including phenoxy) is 2. The topological polar surface area (TPSA) is 64.6 Å². The molecule has 22 heavy (non-hydrogen) atoms. The first-order valence-electron chi connectivity index (χ1n) is 6.82. The molecule has 0 unspecified atom stereocenters. The van der Waals surface area contributed by atoms with Crippen LogP contribution in [0.5, 0.6) is 5.75 Å². The van der Waals surface area contributed by atoms with Crippen LogP contribution < -0.4 is 10.1 Å². The van der Waals surface area contributed by atoms with Gasteiger partial charge in [0.05, 0.1) is 18.6 Å². The van der Waals surface area contributed by atoms with Gasteiger partial charge in [-0.15, -0.1) is 11.3 Å². The average Bonchev–Trinajstić information content (AvgIpc) is 3.03. The van der Waals surface area contributed by atoms with Crippen molar-refractivity contribution in [2.75, 3.05) is 13.7 Å². The third-order valence-electron chi connectivity index (χ3n) is 2.93. The van der Waals surface area contributed by atoms with E-state index in [0.717, 1.165) is 22.6 Å². The molecule has 6 heteroatoms. The first-order chi connectivity index (χ1) is 10.7. The fourth-order valence-corrected chi connectivity index (χ4v) is 2.72. The highest BCUT2D eigenvalue weighted by Crippen LogP contribution is 2.19. The van der Waals surface area contributed by atoms with Crippen LogP contribution in [0.25, 0.3) is 0 Å². The lowest BCUT2D eigenvalue weighted by Gasteiger charge is -2.10. The molecule has 0 radical (unpaired) electrons. The van der Waals surface area contributed by atoms with E-state index in [4.69, 9.17) is 4.74 Å². The predicted octanol–water partition coefficient (Wildman–Crippen LogP) is 2.86. The van der Waals surface area contributed by atoms with Gasteiger partial charge < -0.3 is 14.8 Å². The Morgan fingerprint density at radius 3 is 2.59 bits per heavy atom. The van der Waals surface area contributed by atoms with Crippen molar-refractivity contribution in [2.45, 2.75) is 13.5 Å². The highest BCUT2D eigenvalue weighted by Gasteiger charge is 2.14. The second kappa shape index (κ2) is 7.61. The van der Waals surface area contributed by atoms with E-state index >= 15 is 0 Å². The van der Waals surface area contributed by atoms with Crippen molar-refractivity contribution in [3.05, 3.63) is 51.7 Å². The molecule has 0 atom stereocenters. The largest absolute Gasteiger partial charge is 0.494 e. The van der Waals surface area contributed by atoms with Crippen molar-refractivity contribution < 1.29 is 19.1 Å². The van der Waals surface area contributed by atoms with E-state index in [2.05, 4.69) is 10.1 Å². The van der Waals surface area contributed by atoms with Crippen molar-refractivity contribution in [1.82, 2.24) is 5.32 Å². The number of thiophene rings is 1. The summed E-state index contributed by atoms with van der Waals surface area (Å²) < 4.78 is 10.1. The fourth-order valence-electron chi connectivity index (χ4n) is 1.88. The SMILES string of the molecule is CCOc1ccccc1CNC(=O)c1ccc(C(=O)OC)s1. The van der Waals surface area contributed by atoms with Gasteiger partial charge in [0, 0.05) is 12.1 Å². The molecule has 0 bridgehead atoms. The number of benzene rings is 1. The van der Waals surface area contributed by atoms with Crippen molar-refractivity contribution in [3.8, 4) is 5.75 Å². The number of carbonyl (C=O) groups excluding carboxylic acids is 2. The summed E-state index contributed by atoms with van der Waals surface area (Å²) in [6.07, 6.45) is 0. The summed E-state index contributed by atoms with van der Waals surface area (Å²) >= 11 is 1.11. The Kier molecular flexibility index (Phi) is 5.55. The number of amides is 1. The average molecular weight is 319 g/mol. The van der Waals surface area contributed by atoms with Gasteiger partial charge in [-0.25, -0.2) is 4.79 Å². The predicted molar refractivity (Wildman–Crippen MR) is 84.4 cm³/mol. The first-order valence-corrected chi connectivity index (χ1v) is 7.64. The second-order valence-corrected chi connectivity index (χ2v) is 5.46. The van der Waals surface area contributed by atoms with Crippen LogP contribution in [0, 0.1) is 0 Å². The highest BCUT2D eigenvalue weighted by molar-refractivity contribution is 7.15. The van der Waals surface area contributed by atoms with E-state index in [1.807, 2.05) is 31.2 Å². The Morgan fingerprint density at radius 2 is 1.86 bits per heavy atom.